The third-order valence-electron chi connectivity index (χ3n) is 2.79. The molecule has 0 atom stereocenters. The molecular formula is C13H20ClN5. The Morgan fingerprint density at radius 3 is 2.37 bits per heavy atom. The molecule has 0 amide bonds. The van der Waals surface area contributed by atoms with Crippen molar-refractivity contribution in [3.63, 3.8) is 0 Å². The molecule has 2 aromatic rings. The molecule has 0 unspecified atom stereocenters. The van der Waals surface area contributed by atoms with Crippen LogP contribution < -0.4 is 16.8 Å². The molecule has 5 N–H and O–H groups in total. The first-order valence-corrected chi connectivity index (χ1v) is 6.01. The van der Waals surface area contributed by atoms with Gasteiger partial charge in [-0.2, -0.15) is 5.10 Å². The molecule has 0 spiro atoms. The van der Waals surface area contributed by atoms with Gasteiger partial charge in [-0.15, -0.1) is 12.4 Å². The maximum atomic E-state index is 5.96. The first kappa shape index (κ1) is 15.2. The number of benzene rings is 1. The Labute approximate surface area is 119 Å². The highest BCUT2D eigenvalue weighted by molar-refractivity contribution is 5.85. The Kier molecular flexibility index (Phi) is 5.06. The van der Waals surface area contributed by atoms with Crippen LogP contribution in [0.2, 0.25) is 0 Å². The summed E-state index contributed by atoms with van der Waals surface area (Å²) in [5.74, 6) is 0.537. The van der Waals surface area contributed by atoms with E-state index in [0.717, 1.165) is 11.4 Å². The van der Waals surface area contributed by atoms with Gasteiger partial charge >= 0.3 is 0 Å². The van der Waals surface area contributed by atoms with Gasteiger partial charge in [0.25, 0.3) is 0 Å². The summed E-state index contributed by atoms with van der Waals surface area (Å²) in [6, 6.07) is 10.1. The number of aromatic nitrogens is 2. The summed E-state index contributed by atoms with van der Waals surface area (Å²) in [4.78, 5) is 0. The minimum atomic E-state index is 0. The summed E-state index contributed by atoms with van der Waals surface area (Å²) in [6.45, 7) is 4.62. The molecule has 0 aliphatic carbocycles. The van der Waals surface area contributed by atoms with E-state index in [1.165, 1.54) is 0 Å². The minimum absolute atomic E-state index is 0. The van der Waals surface area contributed by atoms with Crippen molar-refractivity contribution in [2.45, 2.75) is 26.4 Å². The summed E-state index contributed by atoms with van der Waals surface area (Å²) in [7, 11) is 0. The van der Waals surface area contributed by atoms with E-state index in [1.807, 2.05) is 44.2 Å². The Balaban J connectivity index is 0.00000180. The summed E-state index contributed by atoms with van der Waals surface area (Å²) < 4.78 is 1.75. The number of hydrogen-bond acceptors (Lipinski definition) is 4. The smallest absolute Gasteiger partial charge is 0.145 e. The van der Waals surface area contributed by atoms with Crippen LogP contribution in [0, 0.1) is 0 Å². The number of nitrogens with two attached hydrogens (primary N) is 2. The van der Waals surface area contributed by atoms with Crippen LogP contribution in [0.25, 0.3) is 0 Å². The van der Waals surface area contributed by atoms with E-state index in [-0.39, 0.29) is 18.4 Å². The highest BCUT2D eigenvalue weighted by Crippen LogP contribution is 2.23. The second-order valence-corrected chi connectivity index (χ2v) is 4.50. The fourth-order valence-corrected chi connectivity index (χ4v) is 1.78. The van der Waals surface area contributed by atoms with E-state index >= 15 is 0 Å². The molecule has 1 heterocycles. The van der Waals surface area contributed by atoms with Crippen LogP contribution in [-0.4, -0.2) is 9.78 Å². The van der Waals surface area contributed by atoms with Gasteiger partial charge in [-0.3, -0.25) is 0 Å². The normalized spacial score (nSPS) is 10.3. The van der Waals surface area contributed by atoms with Crippen LogP contribution in [0.4, 0.5) is 17.2 Å². The largest absolute Gasteiger partial charge is 0.394 e. The lowest BCUT2D eigenvalue weighted by atomic mass is 10.3. The maximum Gasteiger partial charge on any atom is 0.145 e. The molecule has 0 saturated heterocycles. The monoisotopic (exact) mass is 281 g/mol. The van der Waals surface area contributed by atoms with Crippen LogP contribution in [0.1, 0.15) is 25.6 Å². The number of para-hydroxylation sites is 1. The van der Waals surface area contributed by atoms with E-state index in [9.17, 15) is 0 Å². The molecule has 1 aromatic carbocycles. The van der Waals surface area contributed by atoms with Crippen LogP contribution in [0.5, 0.6) is 0 Å². The lowest BCUT2D eigenvalue weighted by molar-refractivity contribution is 0.535. The molecule has 2 rings (SSSR count). The SMILES string of the molecule is CC(C)n1nc(CNc2ccccc2)c(N)c1N.Cl. The molecule has 0 fully saturated rings. The number of nitrogen functional groups attached to an aromatic ring is 2. The van der Waals surface area contributed by atoms with Crippen LogP contribution in [-0.2, 0) is 6.54 Å². The van der Waals surface area contributed by atoms with E-state index in [0.29, 0.717) is 18.1 Å². The van der Waals surface area contributed by atoms with Crippen LogP contribution in [0.3, 0.4) is 0 Å². The summed E-state index contributed by atoms with van der Waals surface area (Å²) in [5.41, 5.74) is 14.3. The molecule has 104 valence electrons. The molecular weight excluding hydrogens is 262 g/mol. The molecule has 0 bridgehead atoms. The van der Waals surface area contributed by atoms with Crippen molar-refractivity contribution in [2.24, 2.45) is 0 Å². The molecule has 0 aliphatic rings. The lowest BCUT2D eigenvalue weighted by Gasteiger charge is -2.06. The summed E-state index contributed by atoms with van der Waals surface area (Å²) in [5, 5.41) is 7.70. The fourth-order valence-electron chi connectivity index (χ4n) is 1.78. The first-order chi connectivity index (χ1) is 8.59. The van der Waals surface area contributed by atoms with Crippen molar-refractivity contribution >= 4 is 29.6 Å². The van der Waals surface area contributed by atoms with E-state index in [2.05, 4.69) is 10.4 Å². The average molecular weight is 282 g/mol. The van der Waals surface area contributed by atoms with Crippen molar-refractivity contribution in [2.75, 3.05) is 16.8 Å². The maximum absolute atomic E-state index is 5.96. The number of nitrogens with one attached hydrogen (secondary N) is 1. The van der Waals surface area contributed by atoms with Gasteiger partial charge in [-0.05, 0) is 26.0 Å². The number of nitrogens with zero attached hydrogens (tertiary/aromatic N) is 2. The van der Waals surface area contributed by atoms with Gasteiger partial charge in [-0.1, -0.05) is 18.2 Å². The van der Waals surface area contributed by atoms with Crippen molar-refractivity contribution in [3.05, 3.63) is 36.0 Å². The topological polar surface area (TPSA) is 81.9 Å². The van der Waals surface area contributed by atoms with Gasteiger partial charge in [0.15, 0.2) is 0 Å². The molecule has 1 aromatic heterocycles. The molecule has 19 heavy (non-hydrogen) atoms. The standard InChI is InChI=1S/C13H19N5.ClH/c1-9(2)18-13(15)12(14)11(17-18)8-16-10-6-4-3-5-7-10;/h3-7,9,16H,8,14-15H2,1-2H3;1H. The Bertz CT molecular complexity index is 521. The molecule has 0 aliphatic heterocycles. The third kappa shape index (κ3) is 3.32. The number of hydrogen-bond donors (Lipinski definition) is 3. The summed E-state index contributed by atoms with van der Waals surface area (Å²) in [6.07, 6.45) is 0. The van der Waals surface area contributed by atoms with E-state index < -0.39 is 0 Å². The van der Waals surface area contributed by atoms with Crippen molar-refractivity contribution in [1.82, 2.24) is 9.78 Å². The second kappa shape index (κ2) is 6.33. The zero-order valence-electron chi connectivity index (χ0n) is 11.1. The zero-order chi connectivity index (χ0) is 13.1. The predicted molar refractivity (Wildman–Crippen MR) is 82.5 cm³/mol. The third-order valence-corrected chi connectivity index (χ3v) is 2.79. The van der Waals surface area contributed by atoms with Gasteiger partial charge < -0.3 is 16.8 Å². The lowest BCUT2D eigenvalue weighted by Crippen LogP contribution is -2.07. The predicted octanol–water partition coefficient (Wildman–Crippen LogP) is 2.66. The number of rotatable bonds is 4. The Morgan fingerprint density at radius 1 is 1.21 bits per heavy atom. The van der Waals surface area contributed by atoms with Gasteiger partial charge in [0, 0.05) is 11.7 Å². The van der Waals surface area contributed by atoms with E-state index in [1.54, 1.807) is 4.68 Å². The summed E-state index contributed by atoms with van der Waals surface area (Å²) >= 11 is 0. The second-order valence-electron chi connectivity index (χ2n) is 4.50. The average Bonchev–Trinajstić information content (AvgIpc) is 2.65. The van der Waals surface area contributed by atoms with Gasteiger partial charge in [0.05, 0.1) is 12.2 Å². The van der Waals surface area contributed by atoms with Gasteiger partial charge in [0.2, 0.25) is 0 Å². The van der Waals surface area contributed by atoms with Crippen molar-refractivity contribution in [3.8, 4) is 0 Å². The fraction of sp³-hybridized carbons (Fsp3) is 0.308. The number of anilines is 3. The Morgan fingerprint density at radius 2 is 1.84 bits per heavy atom. The first-order valence-electron chi connectivity index (χ1n) is 6.01. The molecule has 0 saturated carbocycles. The Hall–Kier alpha value is -1.88. The van der Waals surface area contributed by atoms with Gasteiger partial charge in [0.1, 0.15) is 11.5 Å². The highest BCUT2D eigenvalue weighted by Gasteiger charge is 2.14. The number of halogens is 1. The quantitative estimate of drug-likeness (QED) is 0.805. The van der Waals surface area contributed by atoms with Crippen LogP contribution in [0.15, 0.2) is 30.3 Å². The zero-order valence-corrected chi connectivity index (χ0v) is 11.9. The van der Waals surface area contributed by atoms with Crippen molar-refractivity contribution < 1.29 is 0 Å². The van der Waals surface area contributed by atoms with Crippen molar-refractivity contribution in [1.29, 1.82) is 0 Å². The molecule has 0 radical (unpaired) electrons. The van der Waals surface area contributed by atoms with E-state index in [4.69, 9.17) is 11.5 Å². The molecule has 5 nitrogen and oxygen atoms in total. The highest BCUT2D eigenvalue weighted by atomic mass is 35.5. The minimum Gasteiger partial charge on any atom is -0.394 e. The van der Waals surface area contributed by atoms with Crippen LogP contribution >= 0.6 is 12.4 Å². The van der Waals surface area contributed by atoms with Gasteiger partial charge in [-0.25, -0.2) is 4.68 Å². The molecule has 6 heteroatoms.